The number of hydrogen-bond acceptors (Lipinski definition) is 3. The van der Waals surface area contributed by atoms with Crippen LogP contribution in [0.3, 0.4) is 0 Å². The molecule has 4 nitrogen and oxygen atoms in total. The van der Waals surface area contributed by atoms with Crippen molar-refractivity contribution in [1.29, 1.82) is 0 Å². The van der Waals surface area contributed by atoms with Crippen molar-refractivity contribution in [3.8, 4) is 0 Å². The summed E-state index contributed by atoms with van der Waals surface area (Å²) >= 11 is 0. The summed E-state index contributed by atoms with van der Waals surface area (Å²) in [4.78, 5) is 11.7. The van der Waals surface area contributed by atoms with Crippen LogP contribution < -0.4 is 10.6 Å². The summed E-state index contributed by atoms with van der Waals surface area (Å²) in [6.07, 6.45) is 3.65. The molecule has 0 heterocycles. The third kappa shape index (κ3) is 4.49. The van der Waals surface area contributed by atoms with Gasteiger partial charge in [-0.25, -0.2) is 0 Å². The second-order valence-electron chi connectivity index (χ2n) is 4.79. The summed E-state index contributed by atoms with van der Waals surface area (Å²) in [6.45, 7) is 5.34. The van der Waals surface area contributed by atoms with Crippen molar-refractivity contribution in [3.05, 3.63) is 0 Å². The average Bonchev–Trinajstić information content (AvgIpc) is 2.64. The number of carbonyl (C=O) groups is 1. The van der Waals surface area contributed by atoms with E-state index >= 15 is 0 Å². The maximum Gasteiger partial charge on any atom is 0.236 e. The largest absolute Gasteiger partial charge is 0.383 e. The average molecular weight is 228 g/mol. The first kappa shape index (κ1) is 13.5. The zero-order chi connectivity index (χ0) is 12.0. The van der Waals surface area contributed by atoms with E-state index in [1.165, 1.54) is 19.3 Å². The van der Waals surface area contributed by atoms with Gasteiger partial charge < -0.3 is 15.4 Å². The lowest BCUT2D eigenvalue weighted by Crippen LogP contribution is -2.46. The Morgan fingerprint density at radius 2 is 2.25 bits per heavy atom. The number of methoxy groups -OCH3 is 1. The molecular formula is C12H24N2O2. The van der Waals surface area contributed by atoms with Gasteiger partial charge in [0, 0.05) is 19.7 Å². The highest BCUT2D eigenvalue weighted by Gasteiger charge is 2.24. The summed E-state index contributed by atoms with van der Waals surface area (Å²) in [5, 5.41) is 6.23. The van der Waals surface area contributed by atoms with Crippen molar-refractivity contribution in [2.75, 3.05) is 20.3 Å². The van der Waals surface area contributed by atoms with Crippen LogP contribution >= 0.6 is 0 Å². The van der Waals surface area contributed by atoms with E-state index in [0.29, 0.717) is 19.2 Å². The fourth-order valence-corrected chi connectivity index (χ4v) is 2.22. The molecule has 0 aromatic heterocycles. The van der Waals surface area contributed by atoms with Gasteiger partial charge in [-0.1, -0.05) is 6.92 Å². The zero-order valence-electron chi connectivity index (χ0n) is 10.6. The standard InChI is InChI=1S/C12H24N2O2/c1-9-4-5-11(8-9)14-10(2)12(15)13-6-7-16-3/h9-11,14H,4-8H2,1-3H3,(H,13,15). The van der Waals surface area contributed by atoms with Gasteiger partial charge in [0.2, 0.25) is 5.91 Å². The van der Waals surface area contributed by atoms with Gasteiger partial charge in [-0.3, -0.25) is 4.79 Å². The molecule has 0 radical (unpaired) electrons. The molecular weight excluding hydrogens is 204 g/mol. The highest BCUT2D eigenvalue weighted by molar-refractivity contribution is 5.81. The van der Waals surface area contributed by atoms with Crippen molar-refractivity contribution in [2.24, 2.45) is 5.92 Å². The summed E-state index contributed by atoms with van der Waals surface area (Å²) in [5.74, 6) is 0.859. The van der Waals surface area contributed by atoms with Gasteiger partial charge in [0.15, 0.2) is 0 Å². The molecule has 1 rings (SSSR count). The van der Waals surface area contributed by atoms with E-state index in [2.05, 4.69) is 17.6 Å². The molecule has 1 aliphatic carbocycles. The van der Waals surface area contributed by atoms with Gasteiger partial charge in [-0.2, -0.15) is 0 Å². The molecule has 1 fully saturated rings. The van der Waals surface area contributed by atoms with E-state index in [1.807, 2.05) is 6.92 Å². The quantitative estimate of drug-likeness (QED) is 0.665. The lowest BCUT2D eigenvalue weighted by Gasteiger charge is -2.18. The molecule has 16 heavy (non-hydrogen) atoms. The van der Waals surface area contributed by atoms with Gasteiger partial charge in [0.25, 0.3) is 0 Å². The molecule has 0 spiro atoms. The van der Waals surface area contributed by atoms with Crippen LogP contribution in [-0.4, -0.2) is 38.3 Å². The third-order valence-corrected chi connectivity index (χ3v) is 3.18. The van der Waals surface area contributed by atoms with Gasteiger partial charge in [0.1, 0.15) is 0 Å². The highest BCUT2D eigenvalue weighted by atomic mass is 16.5. The molecule has 4 heteroatoms. The first-order valence-electron chi connectivity index (χ1n) is 6.16. The molecule has 0 aromatic carbocycles. The fourth-order valence-electron chi connectivity index (χ4n) is 2.22. The Balaban J connectivity index is 2.18. The number of hydrogen-bond donors (Lipinski definition) is 2. The second kappa shape index (κ2) is 6.86. The van der Waals surface area contributed by atoms with Crippen LogP contribution in [-0.2, 0) is 9.53 Å². The van der Waals surface area contributed by atoms with Crippen LogP contribution in [0.15, 0.2) is 0 Å². The zero-order valence-corrected chi connectivity index (χ0v) is 10.6. The molecule has 0 aliphatic heterocycles. The SMILES string of the molecule is COCCNC(=O)C(C)NC1CCC(C)C1. The van der Waals surface area contributed by atoms with Crippen LogP contribution in [0.5, 0.6) is 0 Å². The smallest absolute Gasteiger partial charge is 0.236 e. The predicted octanol–water partition coefficient (Wildman–Crippen LogP) is 0.916. The molecule has 2 N–H and O–H groups in total. The number of ether oxygens (including phenoxy) is 1. The number of carbonyl (C=O) groups excluding carboxylic acids is 1. The Kier molecular flexibility index (Phi) is 5.77. The Labute approximate surface area is 98.1 Å². The lowest BCUT2D eigenvalue weighted by atomic mass is 10.1. The normalized spacial score (nSPS) is 26.7. The minimum atomic E-state index is -0.104. The highest BCUT2D eigenvalue weighted by Crippen LogP contribution is 2.24. The molecule has 1 aliphatic rings. The lowest BCUT2D eigenvalue weighted by molar-refractivity contribution is -0.123. The van der Waals surface area contributed by atoms with E-state index in [9.17, 15) is 4.79 Å². The fraction of sp³-hybridized carbons (Fsp3) is 0.917. The van der Waals surface area contributed by atoms with Crippen LogP contribution in [0.25, 0.3) is 0 Å². The van der Waals surface area contributed by atoms with Crippen LogP contribution in [0.4, 0.5) is 0 Å². The summed E-state index contributed by atoms with van der Waals surface area (Å²) in [7, 11) is 1.63. The van der Waals surface area contributed by atoms with Crippen LogP contribution in [0, 0.1) is 5.92 Å². The van der Waals surface area contributed by atoms with E-state index in [4.69, 9.17) is 4.74 Å². The molecule has 94 valence electrons. The molecule has 3 unspecified atom stereocenters. The van der Waals surface area contributed by atoms with E-state index < -0.39 is 0 Å². The summed E-state index contributed by atoms with van der Waals surface area (Å²) in [5.41, 5.74) is 0. The maximum atomic E-state index is 11.7. The van der Waals surface area contributed by atoms with Gasteiger partial charge in [-0.05, 0) is 32.1 Å². The number of amides is 1. The van der Waals surface area contributed by atoms with Crippen LogP contribution in [0.1, 0.15) is 33.1 Å². The van der Waals surface area contributed by atoms with Crippen molar-refractivity contribution in [1.82, 2.24) is 10.6 Å². The number of nitrogens with one attached hydrogen (secondary N) is 2. The molecule has 3 atom stereocenters. The maximum absolute atomic E-state index is 11.7. The van der Waals surface area contributed by atoms with E-state index in [-0.39, 0.29) is 11.9 Å². The monoisotopic (exact) mass is 228 g/mol. The predicted molar refractivity (Wildman–Crippen MR) is 64.3 cm³/mol. The number of rotatable bonds is 6. The Hall–Kier alpha value is -0.610. The second-order valence-corrected chi connectivity index (χ2v) is 4.79. The molecule has 0 saturated heterocycles. The van der Waals surface area contributed by atoms with Crippen LogP contribution in [0.2, 0.25) is 0 Å². The summed E-state index contributed by atoms with van der Waals surface area (Å²) in [6, 6.07) is 0.408. The Morgan fingerprint density at radius 3 is 2.81 bits per heavy atom. The molecule has 0 bridgehead atoms. The topological polar surface area (TPSA) is 50.4 Å². The minimum absolute atomic E-state index is 0.0663. The van der Waals surface area contributed by atoms with Gasteiger partial charge in [-0.15, -0.1) is 0 Å². The summed E-state index contributed by atoms with van der Waals surface area (Å²) < 4.78 is 4.88. The van der Waals surface area contributed by atoms with Gasteiger partial charge >= 0.3 is 0 Å². The first-order chi connectivity index (χ1) is 7.63. The van der Waals surface area contributed by atoms with E-state index in [0.717, 1.165) is 5.92 Å². The Bertz CT molecular complexity index is 221. The first-order valence-corrected chi connectivity index (χ1v) is 6.16. The third-order valence-electron chi connectivity index (χ3n) is 3.18. The van der Waals surface area contributed by atoms with Crippen molar-refractivity contribution >= 4 is 5.91 Å². The minimum Gasteiger partial charge on any atom is -0.383 e. The van der Waals surface area contributed by atoms with E-state index in [1.54, 1.807) is 7.11 Å². The van der Waals surface area contributed by atoms with Gasteiger partial charge in [0.05, 0.1) is 12.6 Å². The molecule has 0 aromatic rings. The molecule has 1 amide bonds. The van der Waals surface area contributed by atoms with Crippen molar-refractivity contribution in [3.63, 3.8) is 0 Å². The van der Waals surface area contributed by atoms with Crippen molar-refractivity contribution in [2.45, 2.75) is 45.2 Å². The van der Waals surface area contributed by atoms with Crippen molar-refractivity contribution < 1.29 is 9.53 Å². The Morgan fingerprint density at radius 1 is 1.50 bits per heavy atom. The molecule has 1 saturated carbocycles.